The molecule has 1 aliphatic carbocycles. The van der Waals surface area contributed by atoms with E-state index in [9.17, 15) is 0 Å². The van der Waals surface area contributed by atoms with Crippen molar-refractivity contribution in [3.63, 3.8) is 0 Å². The minimum absolute atomic E-state index is 0.625. The van der Waals surface area contributed by atoms with Crippen LogP contribution in [0.15, 0.2) is 18.3 Å². The molecule has 0 unspecified atom stereocenters. The fourth-order valence-corrected chi connectivity index (χ4v) is 5.80. The first-order valence-electron chi connectivity index (χ1n) is 11.8. The SMILES string of the molecule is c1cc(CNCCCN2CCCCCC2)n(-c2nnc(C3CCCCCC3)s2)c1. The highest BCUT2D eigenvalue weighted by atomic mass is 32.1. The molecule has 1 aliphatic heterocycles. The van der Waals surface area contributed by atoms with E-state index in [1.54, 1.807) is 11.3 Å². The molecular formula is C23H37N5S. The zero-order chi connectivity index (χ0) is 19.7. The van der Waals surface area contributed by atoms with Gasteiger partial charge in [0.15, 0.2) is 0 Å². The summed E-state index contributed by atoms with van der Waals surface area (Å²) in [4.78, 5) is 2.65. The number of hydrogen-bond acceptors (Lipinski definition) is 5. The molecule has 2 aromatic heterocycles. The Morgan fingerprint density at radius 3 is 2.52 bits per heavy atom. The molecule has 5 nitrogen and oxygen atoms in total. The number of rotatable bonds is 8. The van der Waals surface area contributed by atoms with Gasteiger partial charge in [-0.1, -0.05) is 49.9 Å². The molecule has 2 aliphatic rings. The maximum atomic E-state index is 4.57. The lowest BCUT2D eigenvalue weighted by Gasteiger charge is -2.19. The monoisotopic (exact) mass is 415 g/mol. The van der Waals surface area contributed by atoms with Gasteiger partial charge in [-0.25, -0.2) is 0 Å². The Bertz CT molecular complexity index is 708. The highest BCUT2D eigenvalue weighted by Crippen LogP contribution is 2.34. The predicted octanol–water partition coefficient (Wildman–Crippen LogP) is 5.12. The van der Waals surface area contributed by atoms with Crippen molar-refractivity contribution in [2.75, 3.05) is 26.2 Å². The molecule has 0 atom stereocenters. The van der Waals surface area contributed by atoms with E-state index in [1.807, 2.05) is 0 Å². The van der Waals surface area contributed by atoms with Crippen molar-refractivity contribution >= 4 is 11.3 Å². The van der Waals surface area contributed by atoms with E-state index in [4.69, 9.17) is 0 Å². The number of likely N-dealkylation sites (tertiary alicyclic amines) is 1. The van der Waals surface area contributed by atoms with E-state index in [1.165, 1.54) is 101 Å². The van der Waals surface area contributed by atoms with Gasteiger partial charge in [-0.05, 0) is 70.4 Å². The van der Waals surface area contributed by atoms with Crippen molar-refractivity contribution in [1.82, 2.24) is 25.0 Å². The van der Waals surface area contributed by atoms with Crippen molar-refractivity contribution in [2.45, 2.75) is 83.1 Å². The molecule has 4 rings (SSSR count). The Morgan fingerprint density at radius 1 is 0.966 bits per heavy atom. The molecule has 1 N–H and O–H groups in total. The van der Waals surface area contributed by atoms with Crippen LogP contribution in [0.1, 0.15) is 87.2 Å². The Kier molecular flexibility index (Phi) is 8.14. The van der Waals surface area contributed by atoms with Crippen molar-refractivity contribution in [3.8, 4) is 5.13 Å². The van der Waals surface area contributed by atoms with Gasteiger partial charge in [0.1, 0.15) is 5.01 Å². The summed E-state index contributed by atoms with van der Waals surface area (Å²) in [5.74, 6) is 0.625. The number of aromatic nitrogens is 3. The maximum Gasteiger partial charge on any atom is 0.216 e. The third-order valence-electron chi connectivity index (χ3n) is 6.51. The first-order valence-corrected chi connectivity index (χ1v) is 12.6. The molecule has 6 heteroatoms. The van der Waals surface area contributed by atoms with E-state index in [0.717, 1.165) is 18.2 Å². The van der Waals surface area contributed by atoms with Gasteiger partial charge in [-0.15, -0.1) is 10.2 Å². The van der Waals surface area contributed by atoms with Crippen molar-refractivity contribution in [2.24, 2.45) is 0 Å². The van der Waals surface area contributed by atoms with Crippen LogP contribution in [0.4, 0.5) is 0 Å². The van der Waals surface area contributed by atoms with Crippen LogP contribution in [-0.4, -0.2) is 45.8 Å². The third-order valence-corrected chi connectivity index (χ3v) is 7.59. The van der Waals surface area contributed by atoms with Gasteiger partial charge in [0.25, 0.3) is 0 Å². The van der Waals surface area contributed by atoms with Gasteiger partial charge in [0, 0.05) is 24.4 Å². The molecule has 0 radical (unpaired) electrons. The van der Waals surface area contributed by atoms with E-state index in [2.05, 4.69) is 43.3 Å². The zero-order valence-electron chi connectivity index (χ0n) is 17.8. The van der Waals surface area contributed by atoms with Crippen LogP contribution >= 0.6 is 11.3 Å². The summed E-state index contributed by atoms with van der Waals surface area (Å²) in [6.45, 7) is 5.79. The summed E-state index contributed by atoms with van der Waals surface area (Å²) in [6, 6.07) is 4.33. The van der Waals surface area contributed by atoms with E-state index >= 15 is 0 Å². The first-order chi connectivity index (χ1) is 14.4. The van der Waals surface area contributed by atoms with Gasteiger partial charge in [-0.3, -0.25) is 4.57 Å². The van der Waals surface area contributed by atoms with Crippen molar-refractivity contribution in [1.29, 1.82) is 0 Å². The Morgan fingerprint density at radius 2 is 1.72 bits per heavy atom. The average molecular weight is 416 g/mol. The summed E-state index contributed by atoms with van der Waals surface area (Å²) in [7, 11) is 0. The lowest BCUT2D eigenvalue weighted by atomic mass is 10.0. The highest BCUT2D eigenvalue weighted by molar-refractivity contribution is 7.13. The van der Waals surface area contributed by atoms with Gasteiger partial charge in [0.2, 0.25) is 5.13 Å². The molecule has 2 aromatic rings. The van der Waals surface area contributed by atoms with Crippen LogP contribution in [0, 0.1) is 0 Å². The molecule has 0 bridgehead atoms. The minimum Gasteiger partial charge on any atom is -0.311 e. The summed E-state index contributed by atoms with van der Waals surface area (Å²) in [5.41, 5.74) is 1.28. The maximum absolute atomic E-state index is 4.57. The molecule has 0 amide bonds. The summed E-state index contributed by atoms with van der Waals surface area (Å²) in [5, 5.41) is 15.0. The van der Waals surface area contributed by atoms with Crippen LogP contribution in [0.3, 0.4) is 0 Å². The summed E-state index contributed by atoms with van der Waals surface area (Å²) < 4.78 is 2.22. The van der Waals surface area contributed by atoms with E-state index in [-0.39, 0.29) is 0 Å². The van der Waals surface area contributed by atoms with Crippen LogP contribution in [0.2, 0.25) is 0 Å². The molecule has 0 spiro atoms. The lowest BCUT2D eigenvalue weighted by molar-refractivity contribution is 0.280. The number of nitrogens with zero attached hydrogens (tertiary/aromatic N) is 4. The molecule has 29 heavy (non-hydrogen) atoms. The van der Waals surface area contributed by atoms with Gasteiger partial charge < -0.3 is 10.2 Å². The molecule has 1 saturated heterocycles. The Hall–Kier alpha value is -1.24. The van der Waals surface area contributed by atoms with E-state index in [0.29, 0.717) is 5.92 Å². The Labute approximate surface area is 179 Å². The van der Waals surface area contributed by atoms with Crippen LogP contribution in [0.5, 0.6) is 0 Å². The quantitative estimate of drug-likeness (QED) is 0.480. The Balaban J connectivity index is 1.25. The molecular weight excluding hydrogens is 378 g/mol. The lowest BCUT2D eigenvalue weighted by Crippen LogP contribution is -2.28. The van der Waals surface area contributed by atoms with E-state index < -0.39 is 0 Å². The smallest absolute Gasteiger partial charge is 0.216 e. The standard InChI is InChI=1S/C23H37N5S/c1-2-6-12-20(11-5-1)22-25-26-23(29-22)28-18-9-13-21(28)19-24-14-10-17-27-15-7-3-4-8-16-27/h9,13,18,20,24H,1-8,10-12,14-17,19H2. The fraction of sp³-hybridized carbons (Fsp3) is 0.739. The van der Waals surface area contributed by atoms with Crippen LogP contribution in [0.25, 0.3) is 5.13 Å². The predicted molar refractivity (Wildman–Crippen MR) is 121 cm³/mol. The highest BCUT2D eigenvalue weighted by Gasteiger charge is 2.19. The van der Waals surface area contributed by atoms with Gasteiger partial charge in [-0.2, -0.15) is 0 Å². The average Bonchev–Trinajstić information content (AvgIpc) is 3.21. The second-order valence-electron chi connectivity index (χ2n) is 8.77. The number of hydrogen-bond donors (Lipinski definition) is 1. The summed E-state index contributed by atoms with van der Waals surface area (Å²) >= 11 is 1.79. The largest absolute Gasteiger partial charge is 0.311 e. The van der Waals surface area contributed by atoms with Gasteiger partial charge >= 0.3 is 0 Å². The molecule has 1 saturated carbocycles. The molecule has 0 aromatic carbocycles. The molecule has 2 fully saturated rings. The van der Waals surface area contributed by atoms with Crippen LogP contribution < -0.4 is 5.32 Å². The number of nitrogens with one attached hydrogen (secondary N) is 1. The summed E-state index contributed by atoms with van der Waals surface area (Å²) in [6.07, 6.45) is 17.0. The molecule has 160 valence electrons. The normalized spacial score (nSPS) is 19.9. The fourth-order valence-electron chi connectivity index (χ4n) is 4.77. The zero-order valence-corrected chi connectivity index (χ0v) is 18.6. The third kappa shape index (κ3) is 6.12. The second kappa shape index (κ2) is 11.2. The second-order valence-corrected chi connectivity index (χ2v) is 9.75. The van der Waals surface area contributed by atoms with Gasteiger partial charge in [0.05, 0.1) is 0 Å². The minimum atomic E-state index is 0.625. The van der Waals surface area contributed by atoms with Crippen molar-refractivity contribution in [3.05, 3.63) is 29.0 Å². The van der Waals surface area contributed by atoms with Crippen molar-refractivity contribution < 1.29 is 0 Å². The molecule has 3 heterocycles. The topological polar surface area (TPSA) is 46.0 Å². The first kappa shape index (κ1) is 21.0. The van der Waals surface area contributed by atoms with Crippen LogP contribution in [-0.2, 0) is 6.54 Å².